The largest absolute Gasteiger partial charge is 0.495 e. The predicted octanol–water partition coefficient (Wildman–Crippen LogP) is 8.53. The van der Waals surface area contributed by atoms with Crippen LogP contribution < -0.4 is 9.64 Å². The standard InChI is InChI=1S/C33H43N3O2S/c1-22(2)32-34-20-31(39-32)27-11-8-12-28(19-27)36(33(37)26-9-6-5-7-10-26)21-24-13-15-25(16-14-24)29-17-18-30(38-4)23(3)35-29/h8,11-12,17-20,22,24-26H,5-7,9-10,13-16,21H2,1-4H3. The molecular formula is C33H43N3O2S. The molecular weight excluding hydrogens is 502 g/mol. The summed E-state index contributed by atoms with van der Waals surface area (Å²) in [5, 5.41) is 1.16. The molecule has 0 atom stereocenters. The minimum Gasteiger partial charge on any atom is -0.495 e. The summed E-state index contributed by atoms with van der Waals surface area (Å²) >= 11 is 1.76. The molecule has 1 amide bonds. The fraction of sp³-hybridized carbons (Fsp3) is 0.545. The van der Waals surface area contributed by atoms with Crippen LogP contribution in [0.4, 0.5) is 5.69 Å². The number of anilines is 1. The second-order valence-electron chi connectivity index (χ2n) is 11.8. The van der Waals surface area contributed by atoms with Crippen LogP contribution in [0.5, 0.6) is 5.75 Å². The van der Waals surface area contributed by atoms with Crippen LogP contribution in [0.2, 0.25) is 0 Å². The Bertz CT molecular complexity index is 1260. The summed E-state index contributed by atoms with van der Waals surface area (Å²) < 4.78 is 5.41. The Morgan fingerprint density at radius 2 is 1.82 bits per heavy atom. The summed E-state index contributed by atoms with van der Waals surface area (Å²) in [4.78, 5) is 26.8. The summed E-state index contributed by atoms with van der Waals surface area (Å²) in [6, 6.07) is 12.8. The van der Waals surface area contributed by atoms with Crippen LogP contribution in [0.3, 0.4) is 0 Å². The number of carbonyl (C=O) groups excluding carboxylic acids is 1. The van der Waals surface area contributed by atoms with E-state index in [1.807, 2.05) is 13.1 Å². The van der Waals surface area contributed by atoms with Gasteiger partial charge in [0.15, 0.2) is 0 Å². The number of carbonyl (C=O) groups is 1. The van der Waals surface area contributed by atoms with E-state index >= 15 is 0 Å². The van der Waals surface area contributed by atoms with Gasteiger partial charge in [0.1, 0.15) is 5.75 Å². The molecule has 0 bridgehead atoms. The van der Waals surface area contributed by atoms with Gasteiger partial charge in [0.05, 0.1) is 22.7 Å². The highest BCUT2D eigenvalue weighted by Crippen LogP contribution is 2.38. The highest BCUT2D eigenvalue weighted by atomic mass is 32.1. The lowest BCUT2D eigenvalue weighted by molar-refractivity contribution is -0.123. The van der Waals surface area contributed by atoms with Gasteiger partial charge in [-0.1, -0.05) is 45.2 Å². The third-order valence-electron chi connectivity index (χ3n) is 8.66. The minimum atomic E-state index is 0.154. The Morgan fingerprint density at radius 1 is 1.05 bits per heavy atom. The number of hydrogen-bond donors (Lipinski definition) is 0. The van der Waals surface area contributed by atoms with Crippen molar-refractivity contribution in [1.82, 2.24) is 9.97 Å². The van der Waals surface area contributed by atoms with Crippen LogP contribution in [-0.4, -0.2) is 29.5 Å². The van der Waals surface area contributed by atoms with Gasteiger partial charge in [-0.25, -0.2) is 4.98 Å². The van der Waals surface area contributed by atoms with Gasteiger partial charge >= 0.3 is 0 Å². The molecule has 2 fully saturated rings. The maximum atomic E-state index is 14.0. The zero-order chi connectivity index (χ0) is 27.4. The number of benzene rings is 1. The first-order valence-electron chi connectivity index (χ1n) is 14.8. The lowest BCUT2D eigenvalue weighted by Gasteiger charge is -2.35. The molecule has 0 saturated heterocycles. The molecule has 5 rings (SSSR count). The van der Waals surface area contributed by atoms with Crippen molar-refractivity contribution in [2.75, 3.05) is 18.6 Å². The van der Waals surface area contributed by atoms with Crippen molar-refractivity contribution in [3.05, 3.63) is 59.0 Å². The Balaban J connectivity index is 1.33. The van der Waals surface area contributed by atoms with E-state index in [0.717, 1.165) is 72.8 Å². The van der Waals surface area contributed by atoms with Crippen molar-refractivity contribution in [1.29, 1.82) is 0 Å². The molecule has 2 aromatic heterocycles. The minimum absolute atomic E-state index is 0.154. The Kier molecular flexibility index (Phi) is 9.01. The topological polar surface area (TPSA) is 55.3 Å². The van der Waals surface area contributed by atoms with Gasteiger partial charge in [-0.3, -0.25) is 9.78 Å². The van der Waals surface area contributed by atoms with Crippen LogP contribution >= 0.6 is 11.3 Å². The third kappa shape index (κ3) is 6.54. The molecule has 6 heteroatoms. The molecule has 2 saturated carbocycles. The van der Waals surface area contributed by atoms with Crippen LogP contribution in [0.15, 0.2) is 42.6 Å². The quantitative estimate of drug-likeness (QED) is 0.285. The summed E-state index contributed by atoms with van der Waals surface area (Å²) in [7, 11) is 1.70. The van der Waals surface area contributed by atoms with E-state index in [1.165, 1.54) is 29.8 Å². The highest BCUT2D eigenvalue weighted by molar-refractivity contribution is 7.15. The van der Waals surface area contributed by atoms with Gasteiger partial charge in [-0.2, -0.15) is 0 Å². The first kappa shape index (κ1) is 27.8. The van der Waals surface area contributed by atoms with Gasteiger partial charge in [0.25, 0.3) is 0 Å². The van der Waals surface area contributed by atoms with Crippen LogP contribution in [0.25, 0.3) is 10.4 Å². The number of amides is 1. The highest BCUT2D eigenvalue weighted by Gasteiger charge is 2.31. The van der Waals surface area contributed by atoms with Gasteiger partial charge in [0, 0.05) is 41.9 Å². The zero-order valence-corrected chi connectivity index (χ0v) is 24.8. The Morgan fingerprint density at radius 3 is 2.49 bits per heavy atom. The van der Waals surface area contributed by atoms with Crippen molar-refractivity contribution in [2.24, 2.45) is 11.8 Å². The number of aryl methyl sites for hydroxylation is 1. The maximum absolute atomic E-state index is 14.0. The number of thiazole rings is 1. The number of pyridine rings is 1. The molecule has 0 unspecified atom stereocenters. The summed E-state index contributed by atoms with van der Waals surface area (Å²) in [5.41, 5.74) is 4.34. The van der Waals surface area contributed by atoms with Crippen molar-refractivity contribution >= 4 is 22.9 Å². The van der Waals surface area contributed by atoms with Crippen molar-refractivity contribution in [2.45, 2.75) is 90.4 Å². The van der Waals surface area contributed by atoms with Crippen molar-refractivity contribution in [3.63, 3.8) is 0 Å². The fourth-order valence-corrected chi connectivity index (χ4v) is 7.23. The van der Waals surface area contributed by atoms with Crippen LogP contribution in [0.1, 0.15) is 99.9 Å². The van der Waals surface area contributed by atoms with E-state index in [1.54, 1.807) is 18.4 Å². The van der Waals surface area contributed by atoms with Gasteiger partial charge in [-0.05, 0) is 81.2 Å². The van der Waals surface area contributed by atoms with Gasteiger partial charge < -0.3 is 9.64 Å². The molecule has 5 nitrogen and oxygen atoms in total. The zero-order valence-electron chi connectivity index (χ0n) is 24.0. The number of rotatable bonds is 8. The van der Waals surface area contributed by atoms with E-state index < -0.39 is 0 Å². The van der Waals surface area contributed by atoms with Crippen molar-refractivity contribution < 1.29 is 9.53 Å². The molecule has 39 heavy (non-hydrogen) atoms. The fourth-order valence-electron chi connectivity index (χ4n) is 6.32. The van der Waals surface area contributed by atoms with Crippen molar-refractivity contribution in [3.8, 4) is 16.2 Å². The molecule has 0 spiro atoms. The molecule has 2 aliphatic rings. The second-order valence-corrected chi connectivity index (χ2v) is 12.9. The average molecular weight is 546 g/mol. The molecule has 208 valence electrons. The average Bonchev–Trinajstić information content (AvgIpc) is 3.48. The Labute approximate surface area is 238 Å². The normalized spacial score (nSPS) is 20.2. The first-order chi connectivity index (χ1) is 18.9. The van der Waals surface area contributed by atoms with Crippen LogP contribution in [-0.2, 0) is 4.79 Å². The van der Waals surface area contributed by atoms with Crippen LogP contribution in [0, 0.1) is 18.8 Å². The molecule has 2 heterocycles. The van der Waals surface area contributed by atoms with Gasteiger partial charge in [0.2, 0.25) is 5.91 Å². The summed E-state index contributed by atoms with van der Waals surface area (Å²) in [5.74, 6) is 2.74. The third-order valence-corrected chi connectivity index (χ3v) is 10.0. The number of ether oxygens (including phenoxy) is 1. The first-order valence-corrected chi connectivity index (χ1v) is 15.6. The lowest BCUT2D eigenvalue weighted by atomic mass is 9.79. The molecule has 0 radical (unpaired) electrons. The molecule has 1 aromatic carbocycles. The second kappa shape index (κ2) is 12.6. The number of methoxy groups -OCH3 is 1. The van der Waals surface area contributed by atoms with Gasteiger partial charge in [-0.15, -0.1) is 11.3 Å². The summed E-state index contributed by atoms with van der Waals surface area (Å²) in [6.07, 6.45) is 12.1. The monoisotopic (exact) mass is 545 g/mol. The maximum Gasteiger partial charge on any atom is 0.230 e. The van der Waals surface area contributed by atoms with E-state index in [0.29, 0.717) is 23.7 Å². The SMILES string of the molecule is COc1ccc(C2CCC(CN(C(=O)C3CCCCC3)c3cccc(-c4cnc(C(C)C)s4)c3)CC2)nc1C. The number of aromatic nitrogens is 2. The predicted molar refractivity (Wildman–Crippen MR) is 161 cm³/mol. The number of hydrogen-bond acceptors (Lipinski definition) is 5. The van der Waals surface area contributed by atoms with E-state index in [4.69, 9.17) is 9.72 Å². The number of nitrogens with zero attached hydrogens (tertiary/aromatic N) is 3. The van der Waals surface area contributed by atoms with E-state index in [-0.39, 0.29) is 5.92 Å². The lowest BCUT2D eigenvalue weighted by Crippen LogP contribution is -2.41. The summed E-state index contributed by atoms with van der Waals surface area (Å²) in [6.45, 7) is 7.20. The molecule has 0 N–H and O–H groups in total. The Hall–Kier alpha value is -2.73. The molecule has 2 aliphatic carbocycles. The van der Waals surface area contributed by atoms with E-state index in [9.17, 15) is 4.79 Å². The molecule has 3 aromatic rings. The molecule has 0 aliphatic heterocycles. The smallest absolute Gasteiger partial charge is 0.230 e. The van der Waals surface area contributed by atoms with E-state index in [2.05, 4.69) is 60.1 Å².